The van der Waals surface area contributed by atoms with Crippen LogP contribution in [0.3, 0.4) is 0 Å². The Bertz CT molecular complexity index is 400. The van der Waals surface area contributed by atoms with E-state index in [1.54, 1.807) is 22.6 Å². The Morgan fingerprint density at radius 1 is 1.67 bits per heavy atom. The highest BCUT2D eigenvalue weighted by molar-refractivity contribution is 14.1. The largest absolute Gasteiger partial charge is 0.465 e. The van der Waals surface area contributed by atoms with Crippen molar-refractivity contribution in [2.75, 3.05) is 7.11 Å². The maximum Gasteiger partial charge on any atom is 0.340 e. The van der Waals surface area contributed by atoms with Gasteiger partial charge in [-0.2, -0.15) is 0 Å². The van der Waals surface area contributed by atoms with Crippen molar-refractivity contribution in [2.24, 2.45) is 0 Å². The number of nitrogens with zero attached hydrogens (tertiary/aromatic N) is 1. The van der Waals surface area contributed by atoms with Crippen LogP contribution in [0.5, 0.6) is 0 Å². The van der Waals surface area contributed by atoms with Gasteiger partial charge in [0.15, 0.2) is 0 Å². The molecule has 0 unspecified atom stereocenters. The van der Waals surface area contributed by atoms with E-state index >= 15 is 0 Å². The molecule has 82 valence electrons. The molecule has 7 heteroatoms. The SMILES string of the molecule is COC(=O)c1cnc(C(F)F)c(Cl)c1I. The van der Waals surface area contributed by atoms with Crippen LogP contribution in [0.25, 0.3) is 0 Å². The second-order valence-electron chi connectivity index (χ2n) is 2.48. The summed E-state index contributed by atoms with van der Waals surface area (Å²) in [7, 11) is 1.19. The summed E-state index contributed by atoms with van der Waals surface area (Å²) in [4.78, 5) is 14.6. The highest BCUT2D eigenvalue weighted by atomic mass is 127. The smallest absolute Gasteiger partial charge is 0.340 e. The van der Waals surface area contributed by atoms with Crippen LogP contribution in [0.4, 0.5) is 8.78 Å². The average Bonchev–Trinajstić information content (AvgIpc) is 2.20. The van der Waals surface area contributed by atoms with Gasteiger partial charge >= 0.3 is 5.97 Å². The second kappa shape index (κ2) is 5.02. The van der Waals surface area contributed by atoms with E-state index in [0.29, 0.717) is 0 Å². The Morgan fingerprint density at radius 2 is 2.27 bits per heavy atom. The van der Waals surface area contributed by atoms with Crippen molar-refractivity contribution in [3.05, 3.63) is 26.0 Å². The van der Waals surface area contributed by atoms with Gasteiger partial charge in [0.2, 0.25) is 0 Å². The summed E-state index contributed by atoms with van der Waals surface area (Å²) in [5.41, 5.74) is -0.457. The lowest BCUT2D eigenvalue weighted by Gasteiger charge is -2.07. The molecule has 0 aliphatic heterocycles. The van der Waals surface area contributed by atoms with Gasteiger partial charge in [-0.15, -0.1) is 0 Å². The summed E-state index contributed by atoms with van der Waals surface area (Å²) in [6.45, 7) is 0. The van der Waals surface area contributed by atoms with Crippen molar-refractivity contribution in [2.45, 2.75) is 6.43 Å². The second-order valence-corrected chi connectivity index (χ2v) is 3.93. The third kappa shape index (κ3) is 2.54. The predicted octanol–water partition coefficient (Wildman–Crippen LogP) is 3.06. The summed E-state index contributed by atoms with van der Waals surface area (Å²) in [5.74, 6) is -0.658. The minimum absolute atomic E-state index is 0.0764. The van der Waals surface area contributed by atoms with E-state index in [1.807, 2.05) is 0 Å². The number of ether oxygens (including phenoxy) is 1. The fourth-order valence-electron chi connectivity index (χ4n) is 0.883. The minimum atomic E-state index is -2.77. The molecular weight excluding hydrogens is 342 g/mol. The molecule has 0 aliphatic rings. The Hall–Kier alpha value is -0.500. The van der Waals surface area contributed by atoms with Crippen molar-refractivity contribution in [1.82, 2.24) is 4.98 Å². The van der Waals surface area contributed by atoms with Crippen LogP contribution in [0.15, 0.2) is 6.20 Å². The molecule has 0 aliphatic carbocycles. The maximum absolute atomic E-state index is 12.4. The molecule has 1 aromatic rings. The molecule has 0 atom stereocenters. The lowest BCUT2D eigenvalue weighted by atomic mass is 10.2. The molecule has 0 fully saturated rings. The molecule has 15 heavy (non-hydrogen) atoms. The van der Waals surface area contributed by atoms with Crippen LogP contribution in [-0.2, 0) is 4.74 Å². The van der Waals surface area contributed by atoms with Gasteiger partial charge in [-0.25, -0.2) is 13.6 Å². The van der Waals surface area contributed by atoms with E-state index in [9.17, 15) is 13.6 Å². The summed E-state index contributed by atoms with van der Waals surface area (Å²) >= 11 is 7.33. The Balaban J connectivity index is 3.27. The number of aromatic nitrogens is 1. The van der Waals surface area contributed by atoms with E-state index in [-0.39, 0.29) is 14.2 Å². The van der Waals surface area contributed by atoms with Crippen molar-refractivity contribution >= 4 is 40.2 Å². The Labute approximate surface area is 103 Å². The van der Waals surface area contributed by atoms with Gasteiger partial charge in [0.05, 0.1) is 17.7 Å². The molecule has 3 nitrogen and oxygen atoms in total. The number of pyridine rings is 1. The van der Waals surface area contributed by atoms with Gasteiger partial charge in [-0.1, -0.05) is 11.6 Å². The molecule has 0 saturated heterocycles. The molecule has 1 heterocycles. The molecule has 0 aromatic carbocycles. The third-order valence-electron chi connectivity index (χ3n) is 1.60. The highest BCUT2D eigenvalue weighted by Gasteiger charge is 2.21. The predicted molar refractivity (Wildman–Crippen MR) is 58.3 cm³/mol. The summed E-state index contributed by atoms with van der Waals surface area (Å²) in [5, 5.41) is -0.214. The number of halogens is 4. The van der Waals surface area contributed by atoms with Crippen LogP contribution in [-0.4, -0.2) is 18.1 Å². The number of carbonyl (C=O) groups excluding carboxylic acids is 1. The van der Waals surface area contributed by atoms with Gasteiger partial charge in [0, 0.05) is 9.77 Å². The number of carbonyl (C=O) groups is 1. The molecule has 0 bridgehead atoms. The van der Waals surface area contributed by atoms with E-state index in [0.717, 1.165) is 6.20 Å². The summed E-state index contributed by atoms with van der Waals surface area (Å²) < 4.78 is 29.4. The Kier molecular flexibility index (Phi) is 4.21. The first kappa shape index (κ1) is 12.6. The molecule has 0 N–H and O–H groups in total. The van der Waals surface area contributed by atoms with Gasteiger partial charge in [-0.3, -0.25) is 4.98 Å². The normalized spacial score (nSPS) is 10.5. The van der Waals surface area contributed by atoms with Gasteiger partial charge in [0.25, 0.3) is 6.43 Å². The first-order valence-corrected chi connectivity index (χ1v) is 5.15. The van der Waals surface area contributed by atoms with E-state index in [2.05, 4.69) is 9.72 Å². The van der Waals surface area contributed by atoms with E-state index in [1.165, 1.54) is 7.11 Å². The highest BCUT2D eigenvalue weighted by Crippen LogP contribution is 2.30. The fraction of sp³-hybridized carbons (Fsp3) is 0.250. The zero-order chi connectivity index (χ0) is 11.6. The molecule has 0 spiro atoms. The first-order chi connectivity index (χ1) is 6.99. The maximum atomic E-state index is 12.4. The monoisotopic (exact) mass is 347 g/mol. The molecule has 0 amide bonds. The van der Waals surface area contributed by atoms with Gasteiger partial charge in [0.1, 0.15) is 5.69 Å². The van der Waals surface area contributed by atoms with Crippen LogP contribution in [0.2, 0.25) is 5.02 Å². The zero-order valence-corrected chi connectivity index (χ0v) is 10.3. The lowest BCUT2D eigenvalue weighted by molar-refractivity contribution is 0.0598. The van der Waals surface area contributed by atoms with Crippen molar-refractivity contribution < 1.29 is 18.3 Å². The topological polar surface area (TPSA) is 39.2 Å². The number of esters is 1. The van der Waals surface area contributed by atoms with Crippen molar-refractivity contribution in [3.63, 3.8) is 0 Å². The third-order valence-corrected chi connectivity index (χ3v) is 3.42. The standard InChI is InChI=1S/C8H5ClF2INO2/c1-15-8(14)3-2-13-6(7(10)11)4(9)5(3)12/h2,7H,1H3. The number of rotatable bonds is 2. The van der Waals surface area contributed by atoms with Crippen LogP contribution >= 0.6 is 34.2 Å². The van der Waals surface area contributed by atoms with Crippen LogP contribution in [0.1, 0.15) is 22.5 Å². The molecule has 1 rings (SSSR count). The van der Waals surface area contributed by atoms with Gasteiger partial charge < -0.3 is 4.74 Å². The average molecular weight is 347 g/mol. The number of methoxy groups -OCH3 is 1. The fourth-order valence-corrected chi connectivity index (χ4v) is 1.75. The molecule has 1 aromatic heterocycles. The first-order valence-electron chi connectivity index (χ1n) is 3.69. The van der Waals surface area contributed by atoms with Crippen molar-refractivity contribution in [1.29, 1.82) is 0 Å². The Morgan fingerprint density at radius 3 is 2.73 bits per heavy atom. The lowest BCUT2D eigenvalue weighted by Crippen LogP contribution is -2.07. The summed E-state index contributed by atoms with van der Waals surface area (Å²) in [6.07, 6.45) is -1.74. The van der Waals surface area contributed by atoms with Crippen LogP contribution < -0.4 is 0 Å². The van der Waals surface area contributed by atoms with Crippen molar-refractivity contribution in [3.8, 4) is 0 Å². The molecule has 0 radical (unpaired) electrons. The molecular formula is C8H5ClF2INO2. The number of hydrogen-bond acceptors (Lipinski definition) is 3. The quantitative estimate of drug-likeness (QED) is 0.610. The number of alkyl halides is 2. The van der Waals surface area contributed by atoms with Crippen LogP contribution in [0, 0.1) is 3.57 Å². The molecule has 0 saturated carbocycles. The van der Waals surface area contributed by atoms with Gasteiger partial charge in [-0.05, 0) is 22.6 Å². The van der Waals surface area contributed by atoms with E-state index < -0.39 is 18.1 Å². The van der Waals surface area contributed by atoms with E-state index in [4.69, 9.17) is 11.6 Å². The minimum Gasteiger partial charge on any atom is -0.465 e. The zero-order valence-electron chi connectivity index (χ0n) is 7.43. The summed E-state index contributed by atoms with van der Waals surface area (Å²) in [6, 6.07) is 0. The number of hydrogen-bond donors (Lipinski definition) is 0.